The van der Waals surface area contributed by atoms with Gasteiger partial charge in [-0.2, -0.15) is 13.2 Å². The maximum absolute atomic E-state index is 13.4. The normalized spacial score (nSPS) is 11.4. The first kappa shape index (κ1) is 33.9. The van der Waals surface area contributed by atoms with Crippen molar-refractivity contribution in [1.29, 1.82) is 0 Å². The van der Waals surface area contributed by atoms with Gasteiger partial charge in [0, 0.05) is 26.7 Å². The average molecular weight is 670 g/mol. The van der Waals surface area contributed by atoms with Crippen LogP contribution < -0.4 is 25.4 Å². The third-order valence-corrected chi connectivity index (χ3v) is 7.55. The van der Waals surface area contributed by atoms with E-state index in [1.807, 2.05) is 0 Å². The Morgan fingerprint density at radius 2 is 1.59 bits per heavy atom. The number of carbonyl (C=O) groups excluding carboxylic acids is 3. The number of ether oxygens (including phenoxy) is 2. The van der Waals surface area contributed by atoms with Crippen LogP contribution in [0.4, 0.5) is 24.5 Å². The summed E-state index contributed by atoms with van der Waals surface area (Å²) in [6.07, 6.45) is -3.23. The molecule has 0 saturated heterocycles. The van der Waals surface area contributed by atoms with E-state index >= 15 is 0 Å². The predicted octanol–water partition coefficient (Wildman–Crippen LogP) is 7.52. The Morgan fingerprint density at radius 1 is 0.870 bits per heavy atom. The second-order valence-corrected chi connectivity index (χ2v) is 10.9. The van der Waals surface area contributed by atoms with E-state index in [1.54, 1.807) is 72.8 Å². The Morgan fingerprint density at radius 3 is 2.24 bits per heavy atom. The molecule has 0 spiro atoms. The number of hydrogen-bond acceptors (Lipinski definition) is 6. The number of nitrogens with one attached hydrogen (secondary N) is 3. The van der Waals surface area contributed by atoms with Crippen molar-refractivity contribution in [2.45, 2.75) is 11.1 Å². The molecule has 3 amide bonds. The van der Waals surface area contributed by atoms with Crippen LogP contribution in [-0.2, 0) is 15.8 Å². The minimum Gasteiger partial charge on any atom is -0.493 e. The van der Waals surface area contributed by atoms with E-state index in [2.05, 4.69) is 16.0 Å². The molecule has 46 heavy (non-hydrogen) atoms. The van der Waals surface area contributed by atoms with E-state index < -0.39 is 35.1 Å². The van der Waals surface area contributed by atoms with Crippen molar-refractivity contribution in [3.8, 4) is 11.5 Å². The molecular formula is C33H27ClF3N3O5S. The third-order valence-electron chi connectivity index (χ3n) is 6.31. The van der Waals surface area contributed by atoms with Gasteiger partial charge >= 0.3 is 6.18 Å². The largest absolute Gasteiger partial charge is 0.493 e. The van der Waals surface area contributed by atoms with Crippen LogP contribution in [0.1, 0.15) is 21.5 Å². The van der Waals surface area contributed by atoms with Gasteiger partial charge in [-0.25, -0.2) is 0 Å². The van der Waals surface area contributed by atoms with Crippen LogP contribution in [0.2, 0.25) is 5.02 Å². The van der Waals surface area contributed by atoms with Gasteiger partial charge in [-0.05, 0) is 66.7 Å². The number of alkyl halides is 3. The molecule has 4 aromatic rings. The zero-order valence-electron chi connectivity index (χ0n) is 24.4. The summed E-state index contributed by atoms with van der Waals surface area (Å²) < 4.78 is 50.8. The van der Waals surface area contributed by atoms with Crippen molar-refractivity contribution in [2.24, 2.45) is 0 Å². The molecule has 0 heterocycles. The van der Waals surface area contributed by atoms with Gasteiger partial charge in [0.2, 0.25) is 5.91 Å². The number of thioether (sulfide) groups is 1. The first-order valence-corrected chi connectivity index (χ1v) is 14.8. The Kier molecular flexibility index (Phi) is 11.3. The summed E-state index contributed by atoms with van der Waals surface area (Å²) >= 11 is 6.78. The number of methoxy groups -OCH3 is 2. The number of anilines is 2. The number of halogens is 4. The lowest BCUT2D eigenvalue weighted by Gasteiger charge is -2.14. The lowest BCUT2D eigenvalue weighted by atomic mass is 10.1. The van der Waals surface area contributed by atoms with Gasteiger partial charge < -0.3 is 25.4 Å². The van der Waals surface area contributed by atoms with Crippen LogP contribution in [0.3, 0.4) is 0 Å². The molecule has 0 aliphatic heterocycles. The van der Waals surface area contributed by atoms with Crippen LogP contribution in [-0.4, -0.2) is 37.7 Å². The standard InChI is InChI=1S/C33H27ClF3N3O5S/c1-44-28-10-6-9-21(30(28)45-2)17-27(40-31(42)20-7-4-3-5-8-20)32(43)38-23-12-14-24(15-13-23)46-19-29(41)39-26-16-11-22(34)18-25(26)33(35,36)37/h3-18H,19H2,1-2H3,(H,38,43)(H,39,41)(H,40,42)/b27-17-. The van der Waals surface area contributed by atoms with Crippen molar-refractivity contribution in [3.63, 3.8) is 0 Å². The molecule has 0 fully saturated rings. The second kappa shape index (κ2) is 15.4. The molecule has 3 N–H and O–H groups in total. The summed E-state index contributed by atoms with van der Waals surface area (Å²) in [6, 6.07) is 23.0. The quantitative estimate of drug-likeness (QED) is 0.113. The average Bonchev–Trinajstić information content (AvgIpc) is 3.04. The number of hydrogen-bond donors (Lipinski definition) is 3. The molecule has 0 bridgehead atoms. The summed E-state index contributed by atoms with van der Waals surface area (Å²) in [5, 5.41) is 7.56. The van der Waals surface area contributed by atoms with Crippen molar-refractivity contribution in [3.05, 3.63) is 118 Å². The fraction of sp³-hybridized carbons (Fsp3) is 0.121. The molecule has 0 unspecified atom stereocenters. The molecule has 8 nitrogen and oxygen atoms in total. The smallest absolute Gasteiger partial charge is 0.418 e. The van der Waals surface area contributed by atoms with Crippen LogP contribution in [0.15, 0.2) is 102 Å². The number of carbonyl (C=O) groups is 3. The van der Waals surface area contributed by atoms with Crippen LogP contribution in [0.25, 0.3) is 6.08 Å². The van der Waals surface area contributed by atoms with Gasteiger partial charge in [-0.15, -0.1) is 11.8 Å². The predicted molar refractivity (Wildman–Crippen MR) is 172 cm³/mol. The second-order valence-electron chi connectivity index (χ2n) is 9.46. The van der Waals surface area contributed by atoms with Crippen molar-refractivity contribution < 1.29 is 37.0 Å². The fourth-order valence-electron chi connectivity index (χ4n) is 4.15. The molecule has 0 aliphatic carbocycles. The third kappa shape index (κ3) is 9.05. The molecule has 238 valence electrons. The summed E-state index contributed by atoms with van der Waals surface area (Å²) in [5.74, 6) is -1.16. The first-order chi connectivity index (χ1) is 22.0. The molecule has 0 saturated carbocycles. The van der Waals surface area contributed by atoms with Crippen molar-refractivity contribution in [1.82, 2.24) is 5.32 Å². The van der Waals surface area contributed by atoms with Crippen LogP contribution >= 0.6 is 23.4 Å². The molecule has 0 radical (unpaired) electrons. The maximum atomic E-state index is 13.4. The highest BCUT2D eigenvalue weighted by Crippen LogP contribution is 2.37. The summed E-state index contributed by atoms with van der Waals surface area (Å²) in [6.45, 7) is 0. The fourth-order valence-corrected chi connectivity index (χ4v) is 5.02. The first-order valence-electron chi connectivity index (χ1n) is 13.5. The Balaban J connectivity index is 1.46. The topological polar surface area (TPSA) is 106 Å². The van der Waals surface area contributed by atoms with Crippen molar-refractivity contribution in [2.75, 3.05) is 30.6 Å². The van der Waals surface area contributed by atoms with Crippen molar-refractivity contribution >= 4 is 58.5 Å². The van der Waals surface area contributed by atoms with Crippen LogP contribution in [0.5, 0.6) is 11.5 Å². The van der Waals surface area contributed by atoms with E-state index in [0.717, 1.165) is 23.9 Å². The van der Waals surface area contributed by atoms with E-state index in [4.69, 9.17) is 21.1 Å². The van der Waals surface area contributed by atoms with E-state index in [1.165, 1.54) is 26.4 Å². The van der Waals surface area contributed by atoms with E-state index in [-0.39, 0.29) is 16.5 Å². The molecule has 13 heteroatoms. The number of rotatable bonds is 11. The SMILES string of the molecule is COc1cccc(/C=C(\NC(=O)c2ccccc2)C(=O)Nc2ccc(SCC(=O)Nc3ccc(Cl)cc3C(F)(F)F)cc2)c1OC. The zero-order chi connectivity index (χ0) is 33.3. The van der Waals surface area contributed by atoms with Gasteiger partial charge in [0.05, 0.1) is 31.2 Å². The molecule has 4 aromatic carbocycles. The van der Waals surface area contributed by atoms with Gasteiger partial charge in [0.1, 0.15) is 5.70 Å². The summed E-state index contributed by atoms with van der Waals surface area (Å²) in [7, 11) is 2.94. The lowest BCUT2D eigenvalue weighted by molar-refractivity contribution is -0.137. The minimum absolute atomic E-state index is 0.0732. The monoisotopic (exact) mass is 669 g/mol. The summed E-state index contributed by atoms with van der Waals surface area (Å²) in [5.41, 5.74) is -0.309. The van der Waals surface area contributed by atoms with Gasteiger partial charge in [0.25, 0.3) is 11.8 Å². The molecular weight excluding hydrogens is 643 g/mol. The Labute approximate surface area is 271 Å². The highest BCUT2D eigenvalue weighted by Gasteiger charge is 2.34. The van der Waals surface area contributed by atoms with Crippen LogP contribution in [0, 0.1) is 0 Å². The zero-order valence-corrected chi connectivity index (χ0v) is 26.0. The Bertz CT molecular complexity index is 1750. The van der Waals surface area contributed by atoms with Gasteiger partial charge in [-0.3, -0.25) is 14.4 Å². The number of para-hydroxylation sites is 1. The molecule has 0 aliphatic rings. The lowest BCUT2D eigenvalue weighted by Crippen LogP contribution is -2.30. The number of benzene rings is 4. The number of amides is 3. The minimum atomic E-state index is -4.69. The summed E-state index contributed by atoms with van der Waals surface area (Å²) in [4.78, 5) is 39.4. The maximum Gasteiger partial charge on any atom is 0.418 e. The molecule has 4 rings (SSSR count). The van der Waals surface area contributed by atoms with E-state index in [0.29, 0.717) is 33.2 Å². The van der Waals surface area contributed by atoms with E-state index in [9.17, 15) is 27.6 Å². The highest BCUT2D eigenvalue weighted by molar-refractivity contribution is 8.00. The van der Waals surface area contributed by atoms with Gasteiger partial charge in [-0.1, -0.05) is 41.9 Å². The molecule has 0 atom stereocenters. The highest BCUT2D eigenvalue weighted by atomic mass is 35.5. The molecule has 0 aromatic heterocycles. The Hall–Kier alpha value is -4.94. The van der Waals surface area contributed by atoms with Gasteiger partial charge in [0.15, 0.2) is 11.5 Å².